The van der Waals surface area contributed by atoms with Gasteiger partial charge in [-0.25, -0.2) is 0 Å². The zero-order chi connectivity index (χ0) is 12.3. The summed E-state index contributed by atoms with van der Waals surface area (Å²) in [7, 11) is 0. The van der Waals surface area contributed by atoms with Crippen LogP contribution >= 0.6 is 0 Å². The van der Waals surface area contributed by atoms with E-state index < -0.39 is 0 Å². The van der Waals surface area contributed by atoms with Crippen molar-refractivity contribution in [1.29, 1.82) is 0 Å². The van der Waals surface area contributed by atoms with Crippen molar-refractivity contribution in [3.8, 4) is 0 Å². The highest BCUT2D eigenvalue weighted by molar-refractivity contribution is 6.05. The number of H-pyrrole nitrogens is 1. The lowest BCUT2D eigenvalue weighted by molar-refractivity contribution is 0.0936. The van der Waals surface area contributed by atoms with Crippen LogP contribution in [0, 0.1) is 0 Å². The van der Waals surface area contributed by atoms with Crippen LogP contribution in [0.2, 0.25) is 0 Å². The fourth-order valence-electron chi connectivity index (χ4n) is 2.03. The maximum atomic E-state index is 12.2. The zero-order valence-electron chi connectivity index (χ0n) is 10.3. The smallest absolute Gasteiger partial charge is 0.253 e. The molecule has 1 aromatic carbocycles. The van der Waals surface area contributed by atoms with Gasteiger partial charge >= 0.3 is 0 Å². The van der Waals surface area contributed by atoms with Crippen molar-refractivity contribution in [2.75, 3.05) is 0 Å². The Morgan fingerprint density at radius 2 is 2.06 bits per heavy atom. The molecule has 3 nitrogen and oxygen atoms in total. The van der Waals surface area contributed by atoms with Crippen LogP contribution < -0.4 is 5.32 Å². The van der Waals surface area contributed by atoms with E-state index in [0.29, 0.717) is 0 Å². The lowest BCUT2D eigenvalue weighted by atomic mass is 10.1. The third kappa shape index (κ3) is 2.33. The molecule has 3 heteroatoms. The monoisotopic (exact) mass is 230 g/mol. The molecule has 90 valence electrons. The van der Waals surface area contributed by atoms with Gasteiger partial charge in [-0.05, 0) is 25.0 Å². The van der Waals surface area contributed by atoms with Gasteiger partial charge in [0.2, 0.25) is 0 Å². The molecule has 17 heavy (non-hydrogen) atoms. The molecule has 0 fully saturated rings. The number of carbonyl (C=O) groups excluding carboxylic acids is 1. The van der Waals surface area contributed by atoms with Crippen molar-refractivity contribution < 1.29 is 4.79 Å². The summed E-state index contributed by atoms with van der Waals surface area (Å²) >= 11 is 0. The van der Waals surface area contributed by atoms with Crippen LogP contribution in [0.1, 0.15) is 37.0 Å². The minimum absolute atomic E-state index is 0.00625. The van der Waals surface area contributed by atoms with Crippen LogP contribution in [0.15, 0.2) is 30.5 Å². The number of aromatic nitrogens is 1. The maximum absolute atomic E-state index is 12.2. The summed E-state index contributed by atoms with van der Waals surface area (Å²) in [6, 6.07) is 8.00. The molecule has 0 atom stereocenters. The normalized spacial score (nSPS) is 11.0. The molecule has 0 aliphatic carbocycles. The second-order valence-electron chi connectivity index (χ2n) is 4.23. The van der Waals surface area contributed by atoms with E-state index in [9.17, 15) is 4.79 Å². The van der Waals surface area contributed by atoms with E-state index in [-0.39, 0.29) is 11.9 Å². The largest absolute Gasteiger partial charge is 0.361 e. The van der Waals surface area contributed by atoms with Gasteiger partial charge in [-0.15, -0.1) is 0 Å². The number of hydrogen-bond donors (Lipinski definition) is 2. The summed E-state index contributed by atoms with van der Waals surface area (Å²) in [5.41, 5.74) is 1.63. The summed E-state index contributed by atoms with van der Waals surface area (Å²) in [4.78, 5) is 15.3. The zero-order valence-corrected chi connectivity index (χ0v) is 10.3. The number of hydrogen-bond acceptors (Lipinski definition) is 1. The molecule has 1 aromatic heterocycles. The number of amides is 1. The third-order valence-electron chi connectivity index (χ3n) is 3.15. The number of nitrogens with one attached hydrogen (secondary N) is 2. The number of para-hydroxylation sites is 1. The molecular formula is C14H18N2O. The highest BCUT2D eigenvalue weighted by Crippen LogP contribution is 2.17. The Morgan fingerprint density at radius 3 is 2.76 bits per heavy atom. The van der Waals surface area contributed by atoms with Gasteiger partial charge in [0, 0.05) is 17.6 Å². The lowest BCUT2D eigenvalue weighted by Gasteiger charge is -2.14. The summed E-state index contributed by atoms with van der Waals surface area (Å²) in [5.74, 6) is 0.00625. The molecule has 1 amide bonds. The quantitative estimate of drug-likeness (QED) is 0.833. The van der Waals surface area contributed by atoms with E-state index in [1.165, 1.54) is 0 Å². The van der Waals surface area contributed by atoms with Crippen LogP contribution in [-0.2, 0) is 0 Å². The molecule has 0 saturated carbocycles. The number of carbonyl (C=O) groups is 1. The van der Waals surface area contributed by atoms with Gasteiger partial charge in [-0.3, -0.25) is 4.79 Å². The summed E-state index contributed by atoms with van der Waals surface area (Å²) in [6.07, 6.45) is 3.78. The van der Waals surface area contributed by atoms with E-state index in [0.717, 1.165) is 29.3 Å². The molecule has 2 aromatic rings. The minimum atomic E-state index is 0.00625. The van der Waals surface area contributed by atoms with Crippen molar-refractivity contribution in [3.05, 3.63) is 36.0 Å². The Hall–Kier alpha value is -1.77. The fourth-order valence-corrected chi connectivity index (χ4v) is 2.03. The predicted octanol–water partition coefficient (Wildman–Crippen LogP) is 3.09. The molecule has 0 spiro atoms. The topological polar surface area (TPSA) is 44.9 Å². The Morgan fingerprint density at radius 1 is 1.29 bits per heavy atom. The first-order valence-electron chi connectivity index (χ1n) is 6.13. The SMILES string of the molecule is CCC(CC)NC(=O)c1cccc2cc[nH]c12. The molecule has 0 bridgehead atoms. The highest BCUT2D eigenvalue weighted by atomic mass is 16.1. The number of rotatable bonds is 4. The number of fused-ring (bicyclic) bond motifs is 1. The van der Waals surface area contributed by atoms with Crippen LogP contribution in [0.5, 0.6) is 0 Å². The number of aromatic amines is 1. The van der Waals surface area contributed by atoms with Gasteiger partial charge in [-0.1, -0.05) is 26.0 Å². The third-order valence-corrected chi connectivity index (χ3v) is 3.15. The molecule has 0 unspecified atom stereocenters. The van der Waals surface area contributed by atoms with Crippen molar-refractivity contribution >= 4 is 16.8 Å². The second kappa shape index (κ2) is 5.04. The summed E-state index contributed by atoms with van der Waals surface area (Å²) in [5, 5.41) is 4.13. The van der Waals surface area contributed by atoms with Crippen LogP contribution in [0.4, 0.5) is 0 Å². The Labute approximate surface area is 101 Å². The molecular weight excluding hydrogens is 212 g/mol. The molecule has 2 N–H and O–H groups in total. The van der Waals surface area contributed by atoms with Gasteiger partial charge < -0.3 is 10.3 Å². The van der Waals surface area contributed by atoms with Gasteiger partial charge in [0.15, 0.2) is 0 Å². The van der Waals surface area contributed by atoms with Crippen LogP contribution in [0.3, 0.4) is 0 Å². The summed E-state index contributed by atoms with van der Waals surface area (Å²) < 4.78 is 0. The molecule has 0 aliphatic heterocycles. The first-order chi connectivity index (χ1) is 8.26. The van der Waals surface area contributed by atoms with Crippen molar-refractivity contribution in [2.24, 2.45) is 0 Å². The Kier molecular flexibility index (Phi) is 3.47. The standard InChI is InChI=1S/C14H18N2O/c1-3-11(4-2)16-14(17)12-7-5-6-10-8-9-15-13(10)12/h5-9,11,15H,3-4H2,1-2H3,(H,16,17). The average molecular weight is 230 g/mol. The molecule has 0 radical (unpaired) electrons. The molecule has 1 heterocycles. The first-order valence-corrected chi connectivity index (χ1v) is 6.13. The van der Waals surface area contributed by atoms with Crippen LogP contribution in [-0.4, -0.2) is 16.9 Å². The highest BCUT2D eigenvalue weighted by Gasteiger charge is 2.13. The number of benzene rings is 1. The molecule has 0 aliphatic rings. The van der Waals surface area contributed by atoms with E-state index in [1.54, 1.807) is 0 Å². The molecule has 2 rings (SSSR count). The second-order valence-corrected chi connectivity index (χ2v) is 4.23. The van der Waals surface area contributed by atoms with Crippen molar-refractivity contribution in [2.45, 2.75) is 32.7 Å². The van der Waals surface area contributed by atoms with Crippen LogP contribution in [0.25, 0.3) is 10.9 Å². The van der Waals surface area contributed by atoms with E-state index >= 15 is 0 Å². The Bertz CT molecular complexity index is 512. The van der Waals surface area contributed by atoms with E-state index in [4.69, 9.17) is 0 Å². The van der Waals surface area contributed by atoms with Gasteiger partial charge in [-0.2, -0.15) is 0 Å². The Balaban J connectivity index is 2.27. The average Bonchev–Trinajstić information content (AvgIpc) is 2.83. The van der Waals surface area contributed by atoms with Crippen molar-refractivity contribution in [3.63, 3.8) is 0 Å². The van der Waals surface area contributed by atoms with Gasteiger partial charge in [0.25, 0.3) is 5.91 Å². The first kappa shape index (κ1) is 11.7. The lowest BCUT2D eigenvalue weighted by Crippen LogP contribution is -2.33. The molecule has 0 saturated heterocycles. The fraction of sp³-hybridized carbons (Fsp3) is 0.357. The maximum Gasteiger partial charge on any atom is 0.253 e. The minimum Gasteiger partial charge on any atom is -0.361 e. The van der Waals surface area contributed by atoms with Crippen molar-refractivity contribution in [1.82, 2.24) is 10.3 Å². The van der Waals surface area contributed by atoms with Gasteiger partial charge in [0.05, 0.1) is 11.1 Å². The predicted molar refractivity (Wildman–Crippen MR) is 70.1 cm³/mol. The van der Waals surface area contributed by atoms with E-state index in [2.05, 4.69) is 24.1 Å². The van der Waals surface area contributed by atoms with E-state index in [1.807, 2.05) is 30.5 Å². The summed E-state index contributed by atoms with van der Waals surface area (Å²) in [6.45, 7) is 4.17. The van der Waals surface area contributed by atoms with Gasteiger partial charge in [0.1, 0.15) is 0 Å².